The lowest BCUT2D eigenvalue weighted by Crippen LogP contribution is -2.24. The summed E-state index contributed by atoms with van der Waals surface area (Å²) in [6.07, 6.45) is 0. The van der Waals surface area contributed by atoms with Crippen molar-refractivity contribution in [1.82, 2.24) is 15.1 Å². The van der Waals surface area contributed by atoms with Gasteiger partial charge in [-0.3, -0.25) is 4.68 Å². The smallest absolute Gasteiger partial charge is 0.0644 e. The Morgan fingerprint density at radius 2 is 1.70 bits per heavy atom. The molecule has 0 saturated heterocycles. The third kappa shape index (κ3) is 2.78. The molecular weight excluding hydrogens is 246 g/mol. The van der Waals surface area contributed by atoms with Crippen LogP contribution < -0.4 is 5.32 Å². The first-order valence-corrected chi connectivity index (χ1v) is 7.23. The van der Waals surface area contributed by atoms with E-state index in [1.54, 1.807) is 0 Å². The molecule has 0 aliphatic heterocycles. The van der Waals surface area contributed by atoms with Gasteiger partial charge in [0, 0.05) is 30.4 Å². The second-order valence-corrected chi connectivity index (χ2v) is 5.67. The summed E-state index contributed by atoms with van der Waals surface area (Å²) in [5, 5.41) is 8.20. The summed E-state index contributed by atoms with van der Waals surface area (Å²) in [6, 6.07) is 9.17. The number of nitrogens with one attached hydrogen (secondary N) is 1. The van der Waals surface area contributed by atoms with E-state index >= 15 is 0 Å². The predicted octanol–water partition coefficient (Wildman–Crippen LogP) is 3.76. The van der Waals surface area contributed by atoms with Crippen molar-refractivity contribution in [1.29, 1.82) is 0 Å². The van der Waals surface area contributed by atoms with Crippen LogP contribution in [0.1, 0.15) is 54.0 Å². The van der Waals surface area contributed by atoms with Crippen molar-refractivity contribution in [3.8, 4) is 0 Å². The van der Waals surface area contributed by atoms with E-state index in [0.717, 1.165) is 5.69 Å². The van der Waals surface area contributed by atoms with E-state index in [1.165, 1.54) is 22.4 Å². The minimum atomic E-state index is 0.290. The van der Waals surface area contributed by atoms with E-state index in [-0.39, 0.29) is 0 Å². The molecule has 0 bridgehead atoms. The third-order valence-electron chi connectivity index (χ3n) is 4.15. The standard InChI is InChI=1S/C17H25N3/c1-11-9-7-8-10-16(11)12(2)18-13(3)17-14(4)19-20(6)15(17)5/h7-10,12-13,18H,1-6H3. The van der Waals surface area contributed by atoms with Crippen molar-refractivity contribution in [2.45, 2.75) is 46.7 Å². The summed E-state index contributed by atoms with van der Waals surface area (Å²) in [6.45, 7) is 10.8. The number of hydrogen-bond acceptors (Lipinski definition) is 2. The second-order valence-electron chi connectivity index (χ2n) is 5.67. The molecule has 108 valence electrons. The molecule has 1 heterocycles. The first kappa shape index (κ1) is 14.8. The minimum Gasteiger partial charge on any atom is -0.304 e. The molecule has 0 amide bonds. The van der Waals surface area contributed by atoms with Crippen LogP contribution in [-0.4, -0.2) is 9.78 Å². The van der Waals surface area contributed by atoms with Gasteiger partial charge >= 0.3 is 0 Å². The fourth-order valence-electron chi connectivity index (χ4n) is 3.04. The van der Waals surface area contributed by atoms with Gasteiger partial charge in [-0.15, -0.1) is 0 Å². The SMILES string of the molecule is Cc1ccccc1C(C)NC(C)c1c(C)nn(C)c1C. The van der Waals surface area contributed by atoms with Gasteiger partial charge < -0.3 is 5.32 Å². The van der Waals surface area contributed by atoms with E-state index in [2.05, 4.69) is 69.3 Å². The molecular formula is C17H25N3. The molecule has 3 heteroatoms. The average Bonchev–Trinajstić information content (AvgIpc) is 2.63. The van der Waals surface area contributed by atoms with E-state index in [4.69, 9.17) is 0 Å². The van der Waals surface area contributed by atoms with Crippen molar-refractivity contribution < 1.29 is 0 Å². The van der Waals surface area contributed by atoms with Crippen molar-refractivity contribution in [2.24, 2.45) is 7.05 Å². The van der Waals surface area contributed by atoms with E-state index < -0.39 is 0 Å². The van der Waals surface area contributed by atoms with Gasteiger partial charge in [0.05, 0.1) is 5.69 Å². The van der Waals surface area contributed by atoms with Crippen LogP contribution in [0.4, 0.5) is 0 Å². The van der Waals surface area contributed by atoms with Crippen LogP contribution in [0, 0.1) is 20.8 Å². The lowest BCUT2D eigenvalue weighted by atomic mass is 10.00. The first-order valence-electron chi connectivity index (χ1n) is 7.23. The maximum Gasteiger partial charge on any atom is 0.0644 e. The van der Waals surface area contributed by atoms with E-state index in [0.29, 0.717) is 12.1 Å². The molecule has 3 nitrogen and oxygen atoms in total. The topological polar surface area (TPSA) is 29.9 Å². The highest BCUT2D eigenvalue weighted by Crippen LogP contribution is 2.25. The highest BCUT2D eigenvalue weighted by molar-refractivity contribution is 5.31. The molecule has 1 aromatic carbocycles. The Bertz CT molecular complexity index is 598. The Kier molecular flexibility index (Phi) is 4.29. The normalized spacial score (nSPS) is 14.3. The quantitative estimate of drug-likeness (QED) is 0.917. The summed E-state index contributed by atoms with van der Waals surface area (Å²) in [5.74, 6) is 0. The molecule has 0 aliphatic carbocycles. The fraction of sp³-hybridized carbons (Fsp3) is 0.471. The molecule has 20 heavy (non-hydrogen) atoms. The number of benzene rings is 1. The van der Waals surface area contributed by atoms with Crippen LogP contribution in [0.25, 0.3) is 0 Å². The molecule has 0 spiro atoms. The lowest BCUT2D eigenvalue weighted by molar-refractivity contribution is 0.490. The number of aromatic nitrogens is 2. The molecule has 1 aromatic heterocycles. The van der Waals surface area contributed by atoms with Crippen LogP contribution in [0.5, 0.6) is 0 Å². The highest BCUT2D eigenvalue weighted by Gasteiger charge is 2.18. The summed E-state index contributed by atoms with van der Waals surface area (Å²) in [7, 11) is 2.00. The minimum absolute atomic E-state index is 0.290. The Morgan fingerprint density at radius 1 is 1.05 bits per heavy atom. The van der Waals surface area contributed by atoms with Gasteiger partial charge in [0.25, 0.3) is 0 Å². The largest absolute Gasteiger partial charge is 0.304 e. The predicted molar refractivity (Wildman–Crippen MR) is 83.8 cm³/mol. The van der Waals surface area contributed by atoms with Crippen molar-refractivity contribution in [2.75, 3.05) is 0 Å². The van der Waals surface area contributed by atoms with E-state index in [9.17, 15) is 0 Å². The van der Waals surface area contributed by atoms with Gasteiger partial charge in [-0.05, 0) is 45.7 Å². The summed E-state index contributed by atoms with van der Waals surface area (Å²) in [4.78, 5) is 0. The number of nitrogens with zero attached hydrogens (tertiary/aromatic N) is 2. The molecule has 0 fully saturated rings. The summed E-state index contributed by atoms with van der Waals surface area (Å²) in [5.41, 5.74) is 6.35. The van der Waals surface area contributed by atoms with Crippen LogP contribution in [0.3, 0.4) is 0 Å². The zero-order valence-corrected chi connectivity index (χ0v) is 13.4. The van der Waals surface area contributed by atoms with Gasteiger partial charge in [-0.2, -0.15) is 5.10 Å². The van der Waals surface area contributed by atoms with Gasteiger partial charge in [0.2, 0.25) is 0 Å². The lowest BCUT2D eigenvalue weighted by Gasteiger charge is -2.22. The van der Waals surface area contributed by atoms with Gasteiger partial charge in [0.15, 0.2) is 0 Å². The molecule has 2 rings (SSSR count). The molecule has 0 aliphatic rings. The second kappa shape index (κ2) is 5.80. The third-order valence-corrected chi connectivity index (χ3v) is 4.15. The van der Waals surface area contributed by atoms with Crippen LogP contribution in [-0.2, 0) is 7.05 Å². The van der Waals surface area contributed by atoms with Crippen LogP contribution in [0.2, 0.25) is 0 Å². The zero-order chi connectivity index (χ0) is 14.9. The van der Waals surface area contributed by atoms with Gasteiger partial charge in [0.1, 0.15) is 0 Å². The van der Waals surface area contributed by atoms with Gasteiger partial charge in [-0.1, -0.05) is 24.3 Å². The molecule has 2 aromatic rings. The Hall–Kier alpha value is -1.61. The molecule has 2 unspecified atom stereocenters. The Labute approximate surface area is 122 Å². The Balaban J connectivity index is 2.19. The number of hydrogen-bond donors (Lipinski definition) is 1. The Morgan fingerprint density at radius 3 is 2.25 bits per heavy atom. The molecule has 0 saturated carbocycles. The molecule has 1 N–H and O–H groups in total. The monoisotopic (exact) mass is 271 g/mol. The number of aryl methyl sites for hydroxylation is 3. The van der Waals surface area contributed by atoms with Crippen LogP contribution in [0.15, 0.2) is 24.3 Å². The maximum absolute atomic E-state index is 4.51. The van der Waals surface area contributed by atoms with Crippen LogP contribution >= 0.6 is 0 Å². The number of rotatable bonds is 4. The van der Waals surface area contributed by atoms with Crippen molar-refractivity contribution in [3.05, 3.63) is 52.3 Å². The average molecular weight is 271 g/mol. The van der Waals surface area contributed by atoms with Gasteiger partial charge in [-0.25, -0.2) is 0 Å². The highest BCUT2D eigenvalue weighted by atomic mass is 15.3. The fourth-order valence-corrected chi connectivity index (χ4v) is 3.04. The van der Waals surface area contributed by atoms with E-state index in [1.807, 2.05) is 11.7 Å². The molecule has 2 atom stereocenters. The molecule has 0 radical (unpaired) electrons. The first-order chi connectivity index (χ1) is 9.41. The van der Waals surface area contributed by atoms with Crippen molar-refractivity contribution in [3.63, 3.8) is 0 Å². The summed E-state index contributed by atoms with van der Waals surface area (Å²) >= 11 is 0. The zero-order valence-electron chi connectivity index (χ0n) is 13.4. The van der Waals surface area contributed by atoms with Crippen molar-refractivity contribution >= 4 is 0 Å². The summed E-state index contributed by atoms with van der Waals surface area (Å²) < 4.78 is 1.96. The maximum atomic E-state index is 4.51.